The van der Waals surface area contributed by atoms with Gasteiger partial charge in [0.1, 0.15) is 5.69 Å². The second kappa shape index (κ2) is 9.49. The Morgan fingerprint density at radius 2 is 1.48 bits per heavy atom. The molecule has 0 N–H and O–H groups in total. The lowest BCUT2D eigenvalue weighted by atomic mass is 10.2. The summed E-state index contributed by atoms with van der Waals surface area (Å²) in [7, 11) is 0. The normalized spacial score (nSPS) is 10.8. The monoisotopic (exact) mass is 548 g/mol. The predicted octanol–water partition coefficient (Wildman–Crippen LogP) is 5.77. The summed E-state index contributed by atoms with van der Waals surface area (Å²) in [6.07, 6.45) is 2.86. The van der Waals surface area contributed by atoms with E-state index in [9.17, 15) is 25.0 Å². The van der Waals surface area contributed by atoms with Crippen molar-refractivity contribution in [2.45, 2.75) is 0 Å². The van der Waals surface area contributed by atoms with E-state index in [0.717, 1.165) is 5.01 Å². The lowest BCUT2D eigenvalue weighted by Crippen LogP contribution is -2.25. The van der Waals surface area contributed by atoms with Gasteiger partial charge in [-0.05, 0) is 56.1 Å². The number of hydrogen-bond donors (Lipinski definition) is 0. The summed E-state index contributed by atoms with van der Waals surface area (Å²) in [6.45, 7) is 0. The van der Waals surface area contributed by atoms with E-state index in [-0.39, 0.29) is 32.8 Å². The Labute approximate surface area is 191 Å². The topological polar surface area (TPSA) is 144 Å². The van der Waals surface area contributed by atoms with Crippen molar-refractivity contribution in [1.29, 1.82) is 0 Å². The number of hydrogen-bond acceptors (Lipinski definition) is 8. The second-order valence-corrected chi connectivity index (χ2v) is 7.54. The number of benzene rings is 2. The molecule has 1 aromatic heterocycles. The summed E-state index contributed by atoms with van der Waals surface area (Å²) >= 11 is 6.42. The van der Waals surface area contributed by atoms with E-state index in [0.29, 0.717) is 4.47 Å². The first-order valence-electron chi connectivity index (χ1n) is 8.32. The van der Waals surface area contributed by atoms with Crippen LogP contribution in [0.2, 0.25) is 0 Å². The van der Waals surface area contributed by atoms with E-state index in [4.69, 9.17) is 0 Å². The Balaban J connectivity index is 2.05. The molecule has 0 aliphatic rings. The number of carbonyl (C=O) groups excluding carboxylic acids is 1. The molecule has 1 heterocycles. The highest BCUT2D eigenvalue weighted by Crippen LogP contribution is 2.34. The molecular weight excluding hydrogens is 540 g/mol. The van der Waals surface area contributed by atoms with Gasteiger partial charge in [-0.2, -0.15) is 5.01 Å². The molecule has 31 heavy (non-hydrogen) atoms. The van der Waals surface area contributed by atoms with E-state index in [1.807, 2.05) is 0 Å². The van der Waals surface area contributed by atoms with Crippen molar-refractivity contribution in [3.8, 4) is 0 Å². The SMILES string of the molecule is O=C(c1ccncc1)N(N=Nc1ccc([N+](=O)[O-])cc1Br)c1ccc([N+](=O)[O-])cc1Br. The largest absolute Gasteiger partial charge is 0.280 e. The fourth-order valence-corrected chi connectivity index (χ4v) is 3.36. The third kappa shape index (κ3) is 5.13. The third-order valence-corrected chi connectivity index (χ3v) is 5.14. The quantitative estimate of drug-likeness (QED) is 0.217. The molecule has 0 aliphatic heterocycles. The molecule has 0 aliphatic carbocycles. The number of aromatic nitrogens is 1. The van der Waals surface area contributed by atoms with Crippen molar-refractivity contribution in [2.24, 2.45) is 10.3 Å². The number of anilines is 1. The molecule has 3 aromatic rings. The molecule has 0 atom stereocenters. The summed E-state index contributed by atoms with van der Waals surface area (Å²) in [5, 5.41) is 30.9. The van der Waals surface area contributed by atoms with Crippen LogP contribution in [0.5, 0.6) is 0 Å². The van der Waals surface area contributed by atoms with Crippen LogP contribution < -0.4 is 5.01 Å². The van der Waals surface area contributed by atoms with Crippen molar-refractivity contribution in [3.63, 3.8) is 0 Å². The Morgan fingerprint density at radius 3 is 2.03 bits per heavy atom. The van der Waals surface area contributed by atoms with Crippen LogP contribution in [0.15, 0.2) is 80.2 Å². The van der Waals surface area contributed by atoms with Crippen LogP contribution in [-0.2, 0) is 0 Å². The predicted molar refractivity (Wildman–Crippen MR) is 117 cm³/mol. The van der Waals surface area contributed by atoms with Crippen LogP contribution in [0.4, 0.5) is 22.7 Å². The van der Waals surface area contributed by atoms with Crippen LogP contribution >= 0.6 is 31.9 Å². The summed E-state index contributed by atoms with van der Waals surface area (Å²) in [6, 6.07) is 10.6. The molecule has 0 saturated carbocycles. The lowest BCUT2D eigenvalue weighted by Gasteiger charge is -2.17. The molecule has 0 fully saturated rings. The first-order valence-corrected chi connectivity index (χ1v) is 9.90. The summed E-state index contributed by atoms with van der Waals surface area (Å²) in [5.41, 5.74) is 0.364. The minimum atomic E-state index is -0.571. The number of nitrogens with zero attached hydrogens (tertiary/aromatic N) is 6. The van der Waals surface area contributed by atoms with Crippen molar-refractivity contribution in [2.75, 3.05) is 5.01 Å². The standard InChI is InChI=1S/C18H10Br2N6O5/c19-14-9-12(25(28)29)1-3-16(14)22-23-24(18(27)11-5-7-21-8-6-11)17-4-2-13(26(30)31)10-15(17)20/h1-10H. The van der Waals surface area contributed by atoms with Gasteiger partial charge in [0, 0.05) is 42.2 Å². The molecule has 0 spiro atoms. The minimum absolute atomic E-state index is 0.145. The highest BCUT2D eigenvalue weighted by Gasteiger charge is 2.22. The molecule has 156 valence electrons. The number of carbonyl (C=O) groups is 1. The van der Waals surface area contributed by atoms with Gasteiger partial charge in [-0.3, -0.25) is 30.0 Å². The Kier molecular flexibility index (Phi) is 6.77. The van der Waals surface area contributed by atoms with Crippen molar-refractivity contribution < 1.29 is 14.6 Å². The minimum Gasteiger partial charge on any atom is -0.267 e. The zero-order chi connectivity index (χ0) is 22.5. The number of non-ortho nitro benzene ring substituents is 2. The average Bonchev–Trinajstić information content (AvgIpc) is 2.75. The number of amides is 1. The molecule has 13 heteroatoms. The first kappa shape index (κ1) is 22.1. The van der Waals surface area contributed by atoms with E-state index in [1.165, 1.54) is 60.9 Å². The maximum Gasteiger partial charge on any atom is 0.280 e. The summed E-state index contributed by atoms with van der Waals surface area (Å²) < 4.78 is 0.537. The first-order chi connectivity index (χ1) is 14.8. The maximum atomic E-state index is 13.1. The van der Waals surface area contributed by atoms with Gasteiger partial charge in [-0.1, -0.05) is 5.22 Å². The lowest BCUT2D eigenvalue weighted by molar-refractivity contribution is -0.385. The number of rotatable bonds is 6. The van der Waals surface area contributed by atoms with Gasteiger partial charge in [0.25, 0.3) is 17.3 Å². The molecule has 0 bridgehead atoms. The van der Waals surface area contributed by atoms with Crippen molar-refractivity contribution >= 4 is 60.5 Å². The Hall–Kier alpha value is -3.58. The van der Waals surface area contributed by atoms with Gasteiger partial charge < -0.3 is 0 Å². The smallest absolute Gasteiger partial charge is 0.267 e. The number of pyridine rings is 1. The van der Waals surface area contributed by atoms with Crippen LogP contribution in [0.1, 0.15) is 10.4 Å². The summed E-state index contributed by atoms with van der Waals surface area (Å²) in [4.78, 5) is 37.7. The number of nitro benzene ring substituents is 2. The Bertz CT molecular complexity index is 1210. The molecule has 0 radical (unpaired) electrons. The highest BCUT2D eigenvalue weighted by atomic mass is 79.9. The van der Waals surface area contributed by atoms with Crippen molar-refractivity contribution in [1.82, 2.24) is 4.98 Å². The summed E-state index contributed by atoms with van der Waals surface area (Å²) in [5.74, 6) is -0.571. The van der Waals surface area contributed by atoms with Crippen molar-refractivity contribution in [3.05, 3.63) is 95.7 Å². The molecule has 0 unspecified atom stereocenters. The third-order valence-electron chi connectivity index (χ3n) is 3.87. The van der Waals surface area contributed by atoms with Gasteiger partial charge in [-0.25, -0.2) is 0 Å². The van der Waals surface area contributed by atoms with Gasteiger partial charge in [-0.15, -0.1) is 5.11 Å². The fraction of sp³-hybridized carbons (Fsp3) is 0. The molecule has 2 aromatic carbocycles. The van der Waals surface area contributed by atoms with Crippen LogP contribution in [0.25, 0.3) is 0 Å². The fourth-order valence-electron chi connectivity index (χ4n) is 2.38. The van der Waals surface area contributed by atoms with Gasteiger partial charge in [0.05, 0.1) is 24.5 Å². The Morgan fingerprint density at radius 1 is 0.903 bits per heavy atom. The van der Waals surface area contributed by atoms with Crippen LogP contribution in [0, 0.1) is 20.2 Å². The highest BCUT2D eigenvalue weighted by molar-refractivity contribution is 9.11. The second-order valence-electron chi connectivity index (χ2n) is 5.83. The number of nitro groups is 2. The maximum absolute atomic E-state index is 13.1. The number of halogens is 2. The van der Waals surface area contributed by atoms with E-state index >= 15 is 0 Å². The van der Waals surface area contributed by atoms with Gasteiger partial charge >= 0.3 is 0 Å². The zero-order valence-electron chi connectivity index (χ0n) is 15.3. The van der Waals surface area contributed by atoms with Crippen LogP contribution in [-0.4, -0.2) is 20.7 Å². The zero-order valence-corrected chi connectivity index (χ0v) is 18.4. The van der Waals surface area contributed by atoms with E-state index in [2.05, 4.69) is 47.2 Å². The van der Waals surface area contributed by atoms with E-state index in [1.54, 1.807) is 0 Å². The molecule has 1 amide bonds. The molecule has 3 rings (SSSR count). The molecular formula is C18H10Br2N6O5. The molecule has 0 saturated heterocycles. The van der Waals surface area contributed by atoms with Gasteiger partial charge in [0.15, 0.2) is 0 Å². The van der Waals surface area contributed by atoms with E-state index < -0.39 is 15.8 Å². The van der Waals surface area contributed by atoms with Gasteiger partial charge in [0.2, 0.25) is 0 Å². The van der Waals surface area contributed by atoms with Crippen LogP contribution in [0.3, 0.4) is 0 Å². The molecule has 11 nitrogen and oxygen atoms in total. The average molecular weight is 550 g/mol.